The molecule has 2 aromatic carbocycles. The number of aromatic nitrogens is 1. The maximum Gasteiger partial charge on any atom is 0.206 e. The number of fused-ring (bicyclic) bond motifs is 3. The molecule has 146 valence electrons. The molecule has 2 aliphatic rings. The first kappa shape index (κ1) is 18.6. The Kier molecular flexibility index (Phi) is 4.60. The van der Waals surface area contributed by atoms with Crippen LogP contribution in [-0.2, 0) is 9.84 Å². The lowest BCUT2D eigenvalue weighted by Crippen LogP contribution is -2.33. The van der Waals surface area contributed by atoms with Crippen LogP contribution in [0.3, 0.4) is 0 Å². The SMILES string of the molecule is O=S(=O)(C1=CCC(n2c3c(c4ccccc42)=CCCC=3)C=C1)c1ccc(Br)cc1. The molecule has 5 heteroatoms. The van der Waals surface area contributed by atoms with Crippen LogP contribution in [-0.4, -0.2) is 13.0 Å². The largest absolute Gasteiger partial charge is 0.333 e. The average Bonchev–Trinajstić information content (AvgIpc) is 3.09. The van der Waals surface area contributed by atoms with Crippen LogP contribution in [0.5, 0.6) is 0 Å². The number of benzene rings is 2. The van der Waals surface area contributed by atoms with Gasteiger partial charge in [0.15, 0.2) is 0 Å². The van der Waals surface area contributed by atoms with Gasteiger partial charge >= 0.3 is 0 Å². The lowest BCUT2D eigenvalue weighted by atomic mass is 10.1. The van der Waals surface area contributed by atoms with Crippen LogP contribution in [0, 0.1) is 0 Å². The number of sulfone groups is 1. The molecular weight excluding hydrogens is 446 g/mol. The second-order valence-electron chi connectivity index (χ2n) is 7.40. The second kappa shape index (κ2) is 7.15. The van der Waals surface area contributed by atoms with E-state index in [0.29, 0.717) is 16.2 Å². The van der Waals surface area contributed by atoms with E-state index in [9.17, 15) is 8.42 Å². The van der Waals surface area contributed by atoms with Gasteiger partial charge < -0.3 is 4.57 Å². The van der Waals surface area contributed by atoms with Crippen LogP contribution in [0.4, 0.5) is 0 Å². The number of nitrogens with zero attached hydrogens (tertiary/aromatic N) is 1. The third-order valence-electron chi connectivity index (χ3n) is 5.65. The van der Waals surface area contributed by atoms with Crippen LogP contribution in [0.2, 0.25) is 0 Å². The van der Waals surface area contributed by atoms with Crippen LogP contribution >= 0.6 is 15.9 Å². The first-order chi connectivity index (χ1) is 14.1. The van der Waals surface area contributed by atoms with Crippen LogP contribution in [0.1, 0.15) is 25.3 Å². The van der Waals surface area contributed by atoms with E-state index in [4.69, 9.17) is 0 Å². The summed E-state index contributed by atoms with van der Waals surface area (Å²) in [5.74, 6) is 0. The van der Waals surface area contributed by atoms with Gasteiger partial charge in [0, 0.05) is 25.9 Å². The van der Waals surface area contributed by atoms with Gasteiger partial charge in [-0.1, -0.05) is 58.4 Å². The molecule has 0 saturated heterocycles. The second-order valence-corrected chi connectivity index (χ2v) is 10.3. The summed E-state index contributed by atoms with van der Waals surface area (Å²) in [6.07, 6.45) is 13.0. The molecule has 29 heavy (non-hydrogen) atoms. The first-order valence-corrected chi connectivity index (χ1v) is 12.0. The molecule has 0 amide bonds. The van der Waals surface area contributed by atoms with Crippen molar-refractivity contribution in [2.75, 3.05) is 0 Å². The summed E-state index contributed by atoms with van der Waals surface area (Å²) in [5.41, 5.74) is 1.20. The van der Waals surface area contributed by atoms with E-state index in [1.54, 1.807) is 30.3 Å². The quantitative estimate of drug-likeness (QED) is 0.565. The van der Waals surface area contributed by atoms with Crippen LogP contribution < -0.4 is 10.6 Å². The highest BCUT2D eigenvalue weighted by atomic mass is 79.9. The Hall–Kier alpha value is -2.37. The summed E-state index contributed by atoms with van der Waals surface area (Å²) >= 11 is 3.36. The molecule has 2 aliphatic carbocycles. The highest BCUT2D eigenvalue weighted by molar-refractivity contribution is 9.10. The zero-order valence-corrected chi connectivity index (χ0v) is 18.2. The van der Waals surface area contributed by atoms with E-state index in [0.717, 1.165) is 17.3 Å². The summed E-state index contributed by atoms with van der Waals surface area (Å²) in [5, 5.41) is 3.82. The van der Waals surface area contributed by atoms with Crippen LogP contribution in [0.15, 0.2) is 81.0 Å². The fraction of sp³-hybridized carbons (Fsp3) is 0.167. The highest BCUT2D eigenvalue weighted by Crippen LogP contribution is 2.29. The molecule has 0 radical (unpaired) electrons. The Morgan fingerprint density at radius 3 is 2.45 bits per heavy atom. The van der Waals surface area contributed by atoms with Gasteiger partial charge in [-0.25, -0.2) is 8.42 Å². The zero-order chi connectivity index (χ0) is 20.0. The van der Waals surface area contributed by atoms with Gasteiger partial charge in [0.25, 0.3) is 0 Å². The molecule has 1 atom stereocenters. The number of rotatable bonds is 3. The molecule has 5 rings (SSSR count). The maximum atomic E-state index is 13.0. The van der Waals surface area contributed by atoms with Crippen molar-refractivity contribution in [2.24, 2.45) is 0 Å². The Bertz CT molecular complexity index is 1390. The van der Waals surface area contributed by atoms with Crippen molar-refractivity contribution in [2.45, 2.75) is 30.2 Å². The zero-order valence-electron chi connectivity index (χ0n) is 15.8. The predicted octanol–water partition coefficient (Wildman–Crippen LogP) is 4.62. The van der Waals surface area contributed by atoms with Crippen molar-refractivity contribution in [1.29, 1.82) is 0 Å². The lowest BCUT2D eigenvalue weighted by Gasteiger charge is -2.20. The molecule has 0 fully saturated rings. The van der Waals surface area contributed by atoms with Crippen LogP contribution in [0.25, 0.3) is 23.1 Å². The van der Waals surface area contributed by atoms with E-state index in [1.807, 2.05) is 12.2 Å². The highest BCUT2D eigenvalue weighted by Gasteiger charge is 2.23. The van der Waals surface area contributed by atoms with Gasteiger partial charge in [-0.2, -0.15) is 0 Å². The van der Waals surface area contributed by atoms with E-state index in [2.05, 4.69) is 56.9 Å². The molecular formula is C24H20BrNO2S. The number of para-hydroxylation sites is 1. The summed E-state index contributed by atoms with van der Waals surface area (Å²) in [6.45, 7) is 0. The molecule has 0 bridgehead atoms. The summed E-state index contributed by atoms with van der Waals surface area (Å²) in [4.78, 5) is 0.693. The van der Waals surface area contributed by atoms with E-state index >= 15 is 0 Å². The Morgan fingerprint density at radius 2 is 1.69 bits per heavy atom. The Morgan fingerprint density at radius 1 is 0.931 bits per heavy atom. The minimum Gasteiger partial charge on any atom is -0.333 e. The molecule has 1 unspecified atom stereocenters. The third-order valence-corrected chi connectivity index (χ3v) is 8.00. The van der Waals surface area contributed by atoms with Crippen molar-refractivity contribution in [3.8, 4) is 0 Å². The topological polar surface area (TPSA) is 39.1 Å². The molecule has 3 aromatic rings. The van der Waals surface area contributed by atoms with Gasteiger partial charge in [0.1, 0.15) is 0 Å². The minimum absolute atomic E-state index is 0.107. The van der Waals surface area contributed by atoms with Crippen molar-refractivity contribution < 1.29 is 8.42 Å². The van der Waals surface area contributed by atoms with Crippen molar-refractivity contribution in [3.63, 3.8) is 0 Å². The monoisotopic (exact) mass is 465 g/mol. The van der Waals surface area contributed by atoms with Crippen molar-refractivity contribution in [3.05, 3.63) is 86.7 Å². The lowest BCUT2D eigenvalue weighted by molar-refractivity contribution is 0.596. The van der Waals surface area contributed by atoms with Gasteiger partial charge in [0.05, 0.1) is 15.8 Å². The van der Waals surface area contributed by atoms with Gasteiger partial charge in [-0.3, -0.25) is 0 Å². The van der Waals surface area contributed by atoms with E-state index < -0.39 is 9.84 Å². The Balaban J connectivity index is 1.55. The minimum atomic E-state index is -3.50. The maximum absolute atomic E-state index is 13.0. The summed E-state index contributed by atoms with van der Waals surface area (Å²) in [7, 11) is -3.50. The van der Waals surface area contributed by atoms with Gasteiger partial charge in [-0.05, 0) is 55.7 Å². The fourth-order valence-electron chi connectivity index (χ4n) is 4.27. The molecule has 0 N–H and O–H groups in total. The molecule has 3 nitrogen and oxygen atoms in total. The molecule has 0 spiro atoms. The molecule has 0 aliphatic heterocycles. The smallest absolute Gasteiger partial charge is 0.206 e. The Labute approximate surface area is 178 Å². The summed E-state index contributed by atoms with van der Waals surface area (Å²) in [6, 6.07) is 15.4. The van der Waals surface area contributed by atoms with Crippen molar-refractivity contribution >= 4 is 48.8 Å². The third kappa shape index (κ3) is 3.13. The summed E-state index contributed by atoms with van der Waals surface area (Å²) < 4.78 is 29.2. The van der Waals surface area contributed by atoms with Gasteiger partial charge in [0.2, 0.25) is 9.84 Å². The van der Waals surface area contributed by atoms with E-state index in [-0.39, 0.29) is 6.04 Å². The average molecular weight is 466 g/mol. The van der Waals surface area contributed by atoms with Crippen molar-refractivity contribution in [1.82, 2.24) is 4.57 Å². The normalized spacial score (nSPS) is 18.7. The van der Waals surface area contributed by atoms with E-state index in [1.165, 1.54) is 21.5 Å². The standard InChI is InChI=1S/C24H20BrNO2S/c25-17-9-13-19(14-10-17)29(27,28)20-15-11-18(12-16-20)26-23-7-3-1-5-21(23)22-6-2-4-8-24(22)26/h1,3,5-11,13-16,18H,2,4,12H2. The first-order valence-electron chi connectivity index (χ1n) is 9.74. The number of hydrogen-bond donors (Lipinski definition) is 0. The molecule has 1 heterocycles. The van der Waals surface area contributed by atoms with Gasteiger partial charge in [-0.15, -0.1) is 0 Å². The molecule has 0 saturated carbocycles. The number of hydrogen-bond acceptors (Lipinski definition) is 2. The number of halogens is 1. The fourth-order valence-corrected chi connectivity index (χ4v) is 5.87. The molecule has 1 aromatic heterocycles. The predicted molar refractivity (Wildman–Crippen MR) is 122 cm³/mol. The number of allylic oxidation sites excluding steroid dienone is 3.